The Kier molecular flexibility index (Phi) is 6.03. The van der Waals surface area contributed by atoms with Gasteiger partial charge in [-0.15, -0.1) is 0 Å². The summed E-state index contributed by atoms with van der Waals surface area (Å²) in [5, 5.41) is 10.7. The van der Waals surface area contributed by atoms with Crippen molar-refractivity contribution in [2.24, 2.45) is 5.92 Å². The molecule has 0 unspecified atom stereocenters. The zero-order valence-corrected chi connectivity index (χ0v) is 17.5. The third kappa shape index (κ3) is 4.66. The largest absolute Gasteiger partial charge is 0.326 e. The maximum Gasteiger partial charge on any atom is 0.259 e. The van der Waals surface area contributed by atoms with E-state index >= 15 is 0 Å². The second-order valence-electron chi connectivity index (χ2n) is 7.16. The number of aryl methyl sites for hydroxylation is 1. The standard InChI is InChI=1S/C22H23ClN4O2/c1-13(2)21(28)25-17-9-8-14(3)20(11-17)26-22(29)19-12-24-27(15(19)4)18-7-5-6-16(23)10-18/h5-13H,1-4H3,(H,25,28)(H,26,29). The van der Waals surface area contributed by atoms with Crippen LogP contribution >= 0.6 is 11.6 Å². The summed E-state index contributed by atoms with van der Waals surface area (Å²) in [7, 11) is 0. The van der Waals surface area contributed by atoms with Gasteiger partial charge in [0.1, 0.15) is 0 Å². The van der Waals surface area contributed by atoms with E-state index in [-0.39, 0.29) is 17.7 Å². The minimum atomic E-state index is -0.272. The van der Waals surface area contributed by atoms with Crippen LogP contribution in [0, 0.1) is 19.8 Å². The van der Waals surface area contributed by atoms with Gasteiger partial charge in [-0.1, -0.05) is 37.6 Å². The van der Waals surface area contributed by atoms with Gasteiger partial charge < -0.3 is 10.6 Å². The molecule has 2 amide bonds. The van der Waals surface area contributed by atoms with Crippen molar-refractivity contribution >= 4 is 34.8 Å². The molecule has 0 bridgehead atoms. The third-order valence-corrected chi connectivity index (χ3v) is 4.82. The summed E-state index contributed by atoms with van der Waals surface area (Å²) >= 11 is 6.06. The second-order valence-corrected chi connectivity index (χ2v) is 7.60. The van der Waals surface area contributed by atoms with E-state index in [4.69, 9.17) is 11.6 Å². The van der Waals surface area contributed by atoms with E-state index in [1.165, 1.54) is 6.20 Å². The first kappa shape index (κ1) is 20.6. The van der Waals surface area contributed by atoms with Crippen molar-refractivity contribution in [1.29, 1.82) is 0 Å². The molecule has 7 heteroatoms. The predicted octanol–water partition coefficient (Wildman–Crippen LogP) is 4.99. The van der Waals surface area contributed by atoms with E-state index in [0.29, 0.717) is 27.7 Å². The first-order valence-electron chi connectivity index (χ1n) is 9.29. The van der Waals surface area contributed by atoms with Crippen LogP contribution in [0.3, 0.4) is 0 Å². The van der Waals surface area contributed by atoms with Gasteiger partial charge in [0.25, 0.3) is 5.91 Å². The molecule has 2 aromatic carbocycles. The number of hydrogen-bond donors (Lipinski definition) is 2. The second kappa shape index (κ2) is 8.49. The molecular formula is C22H23ClN4O2. The molecule has 0 aliphatic rings. The smallest absolute Gasteiger partial charge is 0.259 e. The third-order valence-electron chi connectivity index (χ3n) is 4.58. The highest BCUT2D eigenvalue weighted by molar-refractivity contribution is 6.30. The minimum absolute atomic E-state index is 0.0789. The highest BCUT2D eigenvalue weighted by Crippen LogP contribution is 2.23. The molecule has 1 heterocycles. The zero-order valence-electron chi connectivity index (χ0n) is 16.8. The molecule has 3 rings (SSSR count). The van der Waals surface area contributed by atoms with Gasteiger partial charge in [0.15, 0.2) is 0 Å². The van der Waals surface area contributed by atoms with E-state index in [9.17, 15) is 9.59 Å². The van der Waals surface area contributed by atoms with Crippen LogP contribution in [0.1, 0.15) is 35.5 Å². The normalized spacial score (nSPS) is 10.8. The molecular weight excluding hydrogens is 388 g/mol. The molecule has 1 aromatic heterocycles. The summed E-state index contributed by atoms with van der Waals surface area (Å²) in [5.41, 5.74) is 4.10. The molecule has 29 heavy (non-hydrogen) atoms. The van der Waals surface area contributed by atoms with Crippen molar-refractivity contribution in [3.05, 3.63) is 70.5 Å². The summed E-state index contributed by atoms with van der Waals surface area (Å²) in [6, 6.07) is 12.7. The number of anilines is 2. The van der Waals surface area contributed by atoms with E-state index in [2.05, 4.69) is 15.7 Å². The van der Waals surface area contributed by atoms with Crippen molar-refractivity contribution < 1.29 is 9.59 Å². The fraction of sp³-hybridized carbons (Fsp3) is 0.227. The van der Waals surface area contributed by atoms with Crippen molar-refractivity contribution in [2.75, 3.05) is 10.6 Å². The average Bonchev–Trinajstić information content (AvgIpc) is 3.05. The molecule has 0 aliphatic carbocycles. The molecule has 6 nitrogen and oxygen atoms in total. The van der Waals surface area contributed by atoms with Crippen molar-refractivity contribution in [2.45, 2.75) is 27.7 Å². The van der Waals surface area contributed by atoms with Gasteiger partial charge in [-0.3, -0.25) is 9.59 Å². The molecule has 0 saturated carbocycles. The number of nitrogens with zero attached hydrogens (tertiary/aromatic N) is 2. The van der Waals surface area contributed by atoms with Crippen LogP contribution < -0.4 is 10.6 Å². The van der Waals surface area contributed by atoms with Gasteiger partial charge in [0, 0.05) is 22.3 Å². The fourth-order valence-electron chi connectivity index (χ4n) is 2.81. The number of carbonyl (C=O) groups excluding carboxylic acids is 2. The zero-order chi connectivity index (χ0) is 21.1. The molecule has 2 N–H and O–H groups in total. The number of nitrogens with one attached hydrogen (secondary N) is 2. The Balaban J connectivity index is 1.83. The SMILES string of the molecule is Cc1ccc(NC(=O)C(C)C)cc1NC(=O)c1cnn(-c2cccc(Cl)c2)c1C. The lowest BCUT2D eigenvalue weighted by Crippen LogP contribution is -2.18. The molecule has 0 fully saturated rings. The molecule has 0 spiro atoms. The number of carbonyl (C=O) groups is 2. The Bertz CT molecular complexity index is 1070. The van der Waals surface area contributed by atoms with Crippen molar-refractivity contribution in [1.82, 2.24) is 9.78 Å². The predicted molar refractivity (Wildman–Crippen MR) is 116 cm³/mol. The van der Waals surface area contributed by atoms with Crippen molar-refractivity contribution in [3.8, 4) is 5.69 Å². The highest BCUT2D eigenvalue weighted by atomic mass is 35.5. The van der Waals surface area contributed by atoms with E-state index in [1.54, 1.807) is 22.9 Å². The Hall–Kier alpha value is -3.12. The molecule has 0 atom stereocenters. The van der Waals surface area contributed by atoms with Crippen LogP contribution in [-0.4, -0.2) is 21.6 Å². The van der Waals surface area contributed by atoms with Gasteiger partial charge in [0.2, 0.25) is 5.91 Å². The molecule has 3 aromatic rings. The maximum absolute atomic E-state index is 12.9. The first-order chi connectivity index (χ1) is 13.8. The Morgan fingerprint density at radius 3 is 2.52 bits per heavy atom. The number of halogens is 1. The van der Waals surface area contributed by atoms with Crippen LogP contribution in [-0.2, 0) is 4.79 Å². The number of aromatic nitrogens is 2. The van der Waals surface area contributed by atoms with Gasteiger partial charge in [-0.25, -0.2) is 4.68 Å². The number of amides is 2. The Labute approximate surface area is 174 Å². The molecule has 0 radical (unpaired) electrons. The van der Waals surface area contributed by atoms with Crippen LogP contribution in [0.15, 0.2) is 48.7 Å². The lowest BCUT2D eigenvalue weighted by atomic mass is 10.1. The number of benzene rings is 2. The fourth-order valence-corrected chi connectivity index (χ4v) is 3.00. The quantitative estimate of drug-likeness (QED) is 0.622. The van der Waals surface area contributed by atoms with Crippen LogP contribution in [0.4, 0.5) is 11.4 Å². The summed E-state index contributed by atoms with van der Waals surface area (Å²) in [4.78, 5) is 24.8. The number of hydrogen-bond acceptors (Lipinski definition) is 3. The summed E-state index contributed by atoms with van der Waals surface area (Å²) in [6.45, 7) is 7.37. The maximum atomic E-state index is 12.9. The first-order valence-corrected chi connectivity index (χ1v) is 9.67. The van der Waals surface area contributed by atoms with Gasteiger partial charge in [-0.2, -0.15) is 5.10 Å². The number of rotatable bonds is 5. The van der Waals surface area contributed by atoms with Crippen LogP contribution in [0.2, 0.25) is 5.02 Å². The van der Waals surface area contributed by atoms with Gasteiger partial charge in [0.05, 0.1) is 23.1 Å². The van der Waals surface area contributed by atoms with Gasteiger partial charge >= 0.3 is 0 Å². The lowest BCUT2D eigenvalue weighted by molar-refractivity contribution is -0.118. The van der Waals surface area contributed by atoms with Crippen LogP contribution in [0.25, 0.3) is 5.69 Å². The minimum Gasteiger partial charge on any atom is -0.326 e. The Morgan fingerprint density at radius 1 is 1.07 bits per heavy atom. The summed E-state index contributed by atoms with van der Waals surface area (Å²) < 4.78 is 1.67. The van der Waals surface area contributed by atoms with E-state index in [0.717, 1.165) is 11.3 Å². The van der Waals surface area contributed by atoms with Crippen molar-refractivity contribution in [3.63, 3.8) is 0 Å². The summed E-state index contributed by atoms with van der Waals surface area (Å²) in [6.07, 6.45) is 1.53. The van der Waals surface area contributed by atoms with E-state index < -0.39 is 0 Å². The topological polar surface area (TPSA) is 76.0 Å². The molecule has 0 saturated heterocycles. The monoisotopic (exact) mass is 410 g/mol. The van der Waals surface area contributed by atoms with Crippen LogP contribution in [0.5, 0.6) is 0 Å². The molecule has 150 valence electrons. The van der Waals surface area contributed by atoms with E-state index in [1.807, 2.05) is 52.0 Å². The highest BCUT2D eigenvalue weighted by Gasteiger charge is 2.17. The summed E-state index contributed by atoms with van der Waals surface area (Å²) in [5.74, 6) is -0.481. The lowest BCUT2D eigenvalue weighted by Gasteiger charge is -2.13. The van der Waals surface area contributed by atoms with Gasteiger partial charge in [-0.05, 0) is 49.7 Å². The Morgan fingerprint density at radius 2 is 1.83 bits per heavy atom. The molecule has 0 aliphatic heterocycles. The average molecular weight is 411 g/mol.